The minimum absolute atomic E-state index is 0.0208. The number of hydrogen-bond donors (Lipinski definition) is 8. The van der Waals surface area contributed by atoms with Crippen LogP contribution in [0.2, 0.25) is 0 Å². The van der Waals surface area contributed by atoms with Crippen molar-refractivity contribution in [1.82, 2.24) is 26.2 Å². The summed E-state index contributed by atoms with van der Waals surface area (Å²) in [6.45, 7) is 5.03. The molecule has 5 rings (SSSR count). The number of rotatable bonds is 14. The lowest BCUT2D eigenvalue weighted by Crippen LogP contribution is -2.55. The molecule has 4 aromatic rings. The first kappa shape index (κ1) is 45.3. The largest absolute Gasteiger partial charge is 0.507 e. The van der Waals surface area contributed by atoms with Crippen LogP contribution in [0.25, 0.3) is 22.3 Å². The number of fused-ring (bicyclic) bond motifs is 5. The normalized spacial score (nSPS) is 17.4. The summed E-state index contributed by atoms with van der Waals surface area (Å²) in [5.74, 6) is -5.95. The number of unbranched alkanes of at least 4 members (excludes halogenated alkanes) is 1. The van der Waals surface area contributed by atoms with E-state index in [1.807, 2.05) is 12.1 Å². The van der Waals surface area contributed by atoms with Gasteiger partial charge in [-0.3, -0.25) is 24.0 Å². The van der Waals surface area contributed by atoms with E-state index < -0.39 is 59.7 Å². The van der Waals surface area contributed by atoms with Gasteiger partial charge in [0.1, 0.15) is 35.7 Å². The van der Waals surface area contributed by atoms with Gasteiger partial charge in [-0.1, -0.05) is 68.8 Å². The molecule has 0 aromatic heterocycles. The van der Waals surface area contributed by atoms with Gasteiger partial charge in [-0.15, -0.1) is 0 Å². The maximum absolute atomic E-state index is 14.2. The molecule has 4 bridgehead atoms. The maximum Gasteiger partial charge on any atom is 0.326 e. The number of phenols is 2. The quantitative estimate of drug-likeness (QED) is 0.0914. The van der Waals surface area contributed by atoms with Crippen molar-refractivity contribution in [3.63, 3.8) is 0 Å². The van der Waals surface area contributed by atoms with Crippen LogP contribution in [0.15, 0.2) is 84.9 Å². The van der Waals surface area contributed by atoms with Gasteiger partial charge in [0.25, 0.3) is 5.91 Å². The second-order valence-corrected chi connectivity index (χ2v) is 15.4. The molecule has 0 saturated heterocycles. The molecule has 322 valence electrons. The predicted molar refractivity (Wildman–Crippen MR) is 229 cm³/mol. The minimum Gasteiger partial charge on any atom is -0.507 e. The molecular weight excluding hydrogens is 781 g/mol. The van der Waals surface area contributed by atoms with Crippen LogP contribution in [0.1, 0.15) is 73.1 Å². The van der Waals surface area contributed by atoms with Crippen molar-refractivity contribution in [3.8, 4) is 33.8 Å². The second-order valence-electron chi connectivity index (χ2n) is 15.4. The van der Waals surface area contributed by atoms with Crippen molar-refractivity contribution in [1.29, 1.82) is 0 Å². The number of hydrogen-bond acceptors (Lipinski definition) is 9. The molecule has 9 N–H and O–H groups in total. The number of carbonyl (C=O) groups is 6. The van der Waals surface area contributed by atoms with E-state index in [0.29, 0.717) is 11.1 Å². The number of nitrogens with zero attached hydrogens (tertiary/aromatic N) is 1. The Labute approximate surface area is 354 Å². The third-order valence-corrected chi connectivity index (χ3v) is 10.8. The monoisotopic (exact) mass is 834 g/mol. The molecule has 5 amide bonds. The highest BCUT2D eigenvalue weighted by Gasteiger charge is 2.36. The van der Waals surface area contributed by atoms with Gasteiger partial charge in [0.15, 0.2) is 0 Å². The SMILES string of the molecule is CCCCc1ccc(-c2ccc(C(=O)NCC(C)C(=O)N[C@@H](CCN)C(=O)N(C)[C@@H]3C(=O)N[C@@H](C)C(=O)N[C@H](C(=O)O)Cc4ccc(O)c(c4)-c4cc3ccc4O)cc2)cc1. The summed E-state index contributed by atoms with van der Waals surface area (Å²) in [6.07, 6.45) is 3.09. The zero-order chi connectivity index (χ0) is 44.4. The van der Waals surface area contributed by atoms with Gasteiger partial charge in [0, 0.05) is 36.7 Å². The molecule has 0 aliphatic carbocycles. The van der Waals surface area contributed by atoms with Crippen LogP contribution in [-0.4, -0.2) is 94.0 Å². The van der Waals surface area contributed by atoms with E-state index in [4.69, 9.17) is 5.73 Å². The first-order chi connectivity index (χ1) is 29.1. The Balaban J connectivity index is 1.32. The molecule has 5 atom stereocenters. The molecule has 1 aliphatic heterocycles. The van der Waals surface area contributed by atoms with Crippen LogP contribution < -0.4 is 27.0 Å². The molecule has 0 saturated carbocycles. The fourth-order valence-corrected chi connectivity index (χ4v) is 7.12. The minimum atomic E-state index is -1.46. The summed E-state index contributed by atoms with van der Waals surface area (Å²) < 4.78 is 0. The van der Waals surface area contributed by atoms with E-state index in [9.17, 15) is 44.1 Å². The summed E-state index contributed by atoms with van der Waals surface area (Å²) >= 11 is 0. The van der Waals surface area contributed by atoms with Crippen LogP contribution in [0.4, 0.5) is 0 Å². The molecule has 0 radical (unpaired) electrons. The molecule has 4 aromatic carbocycles. The fraction of sp³-hybridized carbons (Fsp3) is 0.348. The van der Waals surface area contributed by atoms with Crippen LogP contribution in [0.5, 0.6) is 11.5 Å². The van der Waals surface area contributed by atoms with Crippen molar-refractivity contribution in [3.05, 3.63) is 107 Å². The molecule has 15 nitrogen and oxygen atoms in total. The Bertz CT molecular complexity index is 2250. The Morgan fingerprint density at radius 1 is 0.869 bits per heavy atom. The first-order valence-electron chi connectivity index (χ1n) is 20.3. The molecule has 1 unspecified atom stereocenters. The first-order valence-corrected chi connectivity index (χ1v) is 20.3. The summed E-state index contributed by atoms with van der Waals surface area (Å²) in [7, 11) is 1.33. The van der Waals surface area contributed by atoms with Crippen LogP contribution in [-0.2, 0) is 36.8 Å². The lowest BCUT2D eigenvalue weighted by atomic mass is 9.93. The van der Waals surface area contributed by atoms with Crippen molar-refractivity contribution >= 4 is 35.5 Å². The summed E-state index contributed by atoms with van der Waals surface area (Å²) in [5.41, 5.74) is 10.4. The third kappa shape index (κ3) is 11.3. The molecule has 15 heteroatoms. The van der Waals surface area contributed by atoms with Gasteiger partial charge in [0.2, 0.25) is 23.6 Å². The van der Waals surface area contributed by atoms with E-state index in [-0.39, 0.29) is 60.0 Å². The van der Waals surface area contributed by atoms with Crippen molar-refractivity contribution < 1.29 is 44.1 Å². The van der Waals surface area contributed by atoms with Crippen molar-refractivity contribution in [2.24, 2.45) is 11.7 Å². The topological polar surface area (TPSA) is 240 Å². The highest BCUT2D eigenvalue weighted by Crippen LogP contribution is 2.39. The molecule has 1 heterocycles. The summed E-state index contributed by atoms with van der Waals surface area (Å²) in [5, 5.41) is 42.1. The Morgan fingerprint density at radius 2 is 1.49 bits per heavy atom. The number of aromatic hydroxyl groups is 2. The van der Waals surface area contributed by atoms with Crippen molar-refractivity contribution in [2.75, 3.05) is 20.1 Å². The van der Waals surface area contributed by atoms with Gasteiger partial charge in [-0.25, -0.2) is 4.79 Å². The van der Waals surface area contributed by atoms with Crippen molar-refractivity contribution in [2.45, 2.75) is 77.0 Å². The van der Waals surface area contributed by atoms with E-state index in [2.05, 4.69) is 52.5 Å². The molecular formula is C46H54N6O9. The average Bonchev–Trinajstić information content (AvgIpc) is 3.25. The highest BCUT2D eigenvalue weighted by molar-refractivity contribution is 5.97. The molecule has 1 aliphatic rings. The fourth-order valence-electron chi connectivity index (χ4n) is 7.12. The van der Waals surface area contributed by atoms with E-state index in [0.717, 1.165) is 35.3 Å². The number of nitrogens with one attached hydrogen (secondary N) is 4. The van der Waals surface area contributed by atoms with Gasteiger partial charge < -0.3 is 47.2 Å². The van der Waals surface area contributed by atoms with Crippen LogP contribution in [0.3, 0.4) is 0 Å². The van der Waals surface area contributed by atoms with Gasteiger partial charge in [0.05, 0.1) is 5.92 Å². The number of nitrogens with two attached hydrogens (primary N) is 1. The number of benzene rings is 4. The molecule has 0 spiro atoms. The smallest absolute Gasteiger partial charge is 0.326 e. The second kappa shape index (κ2) is 20.5. The third-order valence-electron chi connectivity index (χ3n) is 10.8. The molecule has 61 heavy (non-hydrogen) atoms. The van der Waals surface area contributed by atoms with E-state index in [1.165, 1.54) is 55.9 Å². The Kier molecular flexibility index (Phi) is 15.2. The number of phenolic OH excluding ortho intramolecular Hbond substituents is 2. The Hall–Kier alpha value is -6.74. The lowest BCUT2D eigenvalue weighted by Gasteiger charge is -2.32. The average molecular weight is 835 g/mol. The van der Waals surface area contributed by atoms with E-state index >= 15 is 0 Å². The van der Waals surface area contributed by atoms with E-state index in [1.54, 1.807) is 19.1 Å². The maximum atomic E-state index is 14.2. The standard InChI is InChI=1S/C46H54N6O9/c1-5-6-7-28-8-11-30(12-9-28)31-13-15-32(16-14-31)43(57)48-25-26(2)41(55)50-36(20-21-47)45(59)52(4)40-33-17-19-39(54)35(24-33)34-22-29(10-18-38(34)53)23-37(46(60)61)51-42(56)27(3)49-44(40)58/h8-19,22,24,26-27,36-37,40,53-54H,5-7,20-21,23,25,47H2,1-4H3,(H,48,57)(H,49,58)(H,50,55)(H,51,56)(H,60,61)/t26?,27-,36-,37-,40-/m0/s1. The number of aryl methyl sites for hydroxylation is 1. The summed E-state index contributed by atoms with van der Waals surface area (Å²) in [6, 6.07) is 18.5. The zero-order valence-electron chi connectivity index (χ0n) is 34.7. The number of amides is 5. The van der Waals surface area contributed by atoms with Gasteiger partial charge >= 0.3 is 5.97 Å². The summed E-state index contributed by atoms with van der Waals surface area (Å²) in [4.78, 5) is 81.3. The van der Waals surface area contributed by atoms with Gasteiger partial charge in [-0.2, -0.15) is 0 Å². The number of likely N-dealkylation sites (N-methyl/N-ethyl adjacent to an activating group) is 1. The highest BCUT2D eigenvalue weighted by atomic mass is 16.4. The predicted octanol–water partition coefficient (Wildman–Crippen LogP) is 3.80. The Morgan fingerprint density at radius 3 is 2.11 bits per heavy atom. The van der Waals surface area contributed by atoms with Crippen LogP contribution >= 0.6 is 0 Å². The number of carboxylic acid groups (broad SMARTS) is 1. The van der Waals surface area contributed by atoms with Gasteiger partial charge in [-0.05, 0) is 96.9 Å². The number of aliphatic carboxylic acids is 1. The lowest BCUT2D eigenvalue weighted by molar-refractivity contribution is -0.144. The number of carbonyl (C=O) groups excluding carboxylic acids is 5. The van der Waals surface area contributed by atoms with Crippen LogP contribution in [0, 0.1) is 5.92 Å². The number of carboxylic acids is 1. The molecule has 0 fully saturated rings. The zero-order valence-corrected chi connectivity index (χ0v) is 34.7.